The first kappa shape index (κ1) is 29.0. The second kappa shape index (κ2) is 15.0. The normalized spacial score (nSPS) is 10.6. The van der Waals surface area contributed by atoms with Crippen LogP contribution in [0.25, 0.3) is 0 Å². The minimum absolute atomic E-state index is 0.0307. The van der Waals surface area contributed by atoms with Crippen molar-refractivity contribution < 1.29 is 28.8 Å². The molecule has 0 fully saturated rings. The average molecular weight is 533 g/mol. The maximum Gasteiger partial charge on any atom is 0.325 e. The molecule has 0 aliphatic rings. The van der Waals surface area contributed by atoms with E-state index in [0.29, 0.717) is 31.5 Å². The molecule has 0 saturated heterocycles. The van der Waals surface area contributed by atoms with E-state index in [1.165, 1.54) is 25.3 Å². The van der Waals surface area contributed by atoms with Gasteiger partial charge in [-0.15, -0.1) is 0 Å². The molecular formula is C30H32N2O7. The van der Waals surface area contributed by atoms with Crippen LogP contribution in [0.5, 0.6) is 5.75 Å². The van der Waals surface area contributed by atoms with Crippen LogP contribution in [0.4, 0.5) is 5.69 Å². The SMILES string of the molecule is COC(=O)CN(C(=O)CCCCCCOc1ccc([N+](=O)[O-])c(C=O)c1)C(c1ccccc1)c1ccccc1. The summed E-state index contributed by atoms with van der Waals surface area (Å²) < 4.78 is 10.5. The summed E-state index contributed by atoms with van der Waals surface area (Å²) in [5.41, 5.74) is 1.52. The summed E-state index contributed by atoms with van der Waals surface area (Å²) in [6, 6.07) is 22.9. The van der Waals surface area contributed by atoms with E-state index in [-0.39, 0.29) is 30.1 Å². The maximum atomic E-state index is 13.4. The number of esters is 1. The van der Waals surface area contributed by atoms with Crippen LogP contribution in [0.3, 0.4) is 0 Å². The van der Waals surface area contributed by atoms with E-state index in [1.54, 1.807) is 4.90 Å². The molecule has 9 heteroatoms. The van der Waals surface area contributed by atoms with E-state index in [9.17, 15) is 24.5 Å². The number of amides is 1. The molecule has 3 aromatic rings. The zero-order chi connectivity index (χ0) is 28.0. The third-order valence-electron chi connectivity index (χ3n) is 6.27. The molecule has 0 N–H and O–H groups in total. The summed E-state index contributed by atoms with van der Waals surface area (Å²) in [6.45, 7) is 0.220. The second-order valence-electron chi connectivity index (χ2n) is 8.93. The van der Waals surface area contributed by atoms with Crippen LogP contribution in [-0.2, 0) is 14.3 Å². The van der Waals surface area contributed by atoms with Crippen LogP contribution in [0.15, 0.2) is 78.9 Å². The van der Waals surface area contributed by atoms with E-state index in [0.717, 1.165) is 24.0 Å². The van der Waals surface area contributed by atoms with E-state index >= 15 is 0 Å². The Morgan fingerprint density at radius 3 is 2.10 bits per heavy atom. The number of ether oxygens (including phenoxy) is 2. The standard InChI is InChI=1S/C30H32N2O7/c1-38-29(35)21-31(30(23-12-6-4-7-13-23)24-14-8-5-9-15-24)28(34)16-10-2-3-11-19-39-26-17-18-27(32(36)37)25(20-26)22-33/h4-9,12-15,17-18,20,22,30H,2-3,10-11,16,19,21H2,1H3. The van der Waals surface area contributed by atoms with Crippen LogP contribution < -0.4 is 4.74 Å². The van der Waals surface area contributed by atoms with Gasteiger partial charge in [-0.25, -0.2) is 0 Å². The van der Waals surface area contributed by atoms with Gasteiger partial charge in [0.25, 0.3) is 5.69 Å². The van der Waals surface area contributed by atoms with Gasteiger partial charge in [-0.3, -0.25) is 24.5 Å². The van der Waals surface area contributed by atoms with Crippen molar-refractivity contribution in [2.24, 2.45) is 0 Å². The van der Waals surface area contributed by atoms with Crippen LogP contribution >= 0.6 is 0 Å². The third-order valence-corrected chi connectivity index (χ3v) is 6.27. The van der Waals surface area contributed by atoms with E-state index in [2.05, 4.69) is 0 Å². The predicted octanol–water partition coefficient (Wildman–Crippen LogP) is 5.53. The molecule has 0 bridgehead atoms. The molecule has 0 unspecified atom stereocenters. The van der Waals surface area contributed by atoms with Gasteiger partial charge in [-0.2, -0.15) is 0 Å². The summed E-state index contributed by atoms with van der Waals surface area (Å²) in [6.07, 6.45) is 3.65. The average Bonchev–Trinajstić information content (AvgIpc) is 2.96. The van der Waals surface area contributed by atoms with Gasteiger partial charge in [0, 0.05) is 12.5 Å². The molecule has 0 atom stereocenters. The number of carbonyl (C=O) groups excluding carboxylic acids is 3. The fourth-order valence-corrected chi connectivity index (χ4v) is 4.30. The Labute approximate surface area is 227 Å². The number of methoxy groups -OCH3 is 1. The van der Waals surface area contributed by atoms with Crippen LogP contribution in [0, 0.1) is 10.1 Å². The lowest BCUT2D eigenvalue weighted by molar-refractivity contribution is -0.385. The van der Waals surface area contributed by atoms with Crippen molar-refractivity contribution in [1.82, 2.24) is 4.90 Å². The number of nitro groups is 1. The topological polar surface area (TPSA) is 116 Å². The summed E-state index contributed by atoms with van der Waals surface area (Å²) in [5.74, 6) is -0.229. The summed E-state index contributed by atoms with van der Waals surface area (Å²) in [4.78, 5) is 48.7. The number of benzene rings is 3. The van der Waals surface area contributed by atoms with Crippen molar-refractivity contribution in [1.29, 1.82) is 0 Å². The van der Waals surface area contributed by atoms with Crippen molar-refractivity contribution in [2.45, 2.75) is 38.1 Å². The number of hydrogen-bond acceptors (Lipinski definition) is 7. The first-order chi connectivity index (χ1) is 18.9. The number of unbranched alkanes of at least 4 members (excludes halogenated alkanes) is 3. The van der Waals surface area contributed by atoms with Gasteiger partial charge in [-0.05, 0) is 36.1 Å². The van der Waals surface area contributed by atoms with Gasteiger partial charge >= 0.3 is 5.97 Å². The van der Waals surface area contributed by atoms with Gasteiger partial charge < -0.3 is 14.4 Å². The zero-order valence-corrected chi connectivity index (χ0v) is 21.9. The van der Waals surface area contributed by atoms with E-state index in [4.69, 9.17) is 9.47 Å². The van der Waals surface area contributed by atoms with Crippen LogP contribution in [0.1, 0.15) is 59.6 Å². The lowest BCUT2D eigenvalue weighted by Gasteiger charge is -2.32. The number of rotatable bonds is 15. The Morgan fingerprint density at radius 2 is 1.54 bits per heavy atom. The van der Waals surface area contributed by atoms with Crippen LogP contribution in [-0.4, -0.2) is 48.2 Å². The lowest BCUT2D eigenvalue weighted by atomic mass is 9.96. The molecule has 0 aliphatic heterocycles. The minimum Gasteiger partial charge on any atom is -0.494 e. The molecule has 9 nitrogen and oxygen atoms in total. The van der Waals surface area contributed by atoms with Gasteiger partial charge in [-0.1, -0.05) is 73.5 Å². The molecule has 0 heterocycles. The molecule has 204 valence electrons. The highest BCUT2D eigenvalue weighted by atomic mass is 16.6. The third kappa shape index (κ3) is 8.49. The smallest absolute Gasteiger partial charge is 0.325 e. The number of hydrogen-bond donors (Lipinski definition) is 0. The minimum atomic E-state index is -0.608. The highest BCUT2D eigenvalue weighted by Gasteiger charge is 2.28. The Bertz CT molecular complexity index is 1210. The number of nitro benzene ring substituents is 1. The monoisotopic (exact) mass is 532 g/mol. The fraction of sp³-hybridized carbons (Fsp3) is 0.300. The highest BCUT2D eigenvalue weighted by molar-refractivity contribution is 5.83. The van der Waals surface area contributed by atoms with Crippen molar-refractivity contribution in [3.05, 3.63) is 106 Å². The first-order valence-corrected chi connectivity index (χ1v) is 12.8. The highest BCUT2D eigenvalue weighted by Crippen LogP contribution is 2.30. The molecule has 0 saturated carbocycles. The molecule has 0 aliphatic carbocycles. The molecule has 3 rings (SSSR count). The van der Waals surface area contributed by atoms with Crippen molar-refractivity contribution in [3.8, 4) is 5.75 Å². The Balaban J connectivity index is 1.56. The first-order valence-electron chi connectivity index (χ1n) is 12.8. The van der Waals surface area contributed by atoms with Crippen LogP contribution in [0.2, 0.25) is 0 Å². The predicted molar refractivity (Wildman–Crippen MR) is 146 cm³/mol. The molecule has 39 heavy (non-hydrogen) atoms. The van der Waals surface area contributed by atoms with Gasteiger partial charge in [0.15, 0.2) is 6.29 Å². The second-order valence-corrected chi connectivity index (χ2v) is 8.93. The number of aldehydes is 1. The summed E-state index contributed by atoms with van der Waals surface area (Å²) in [5, 5.41) is 10.9. The van der Waals surface area contributed by atoms with Gasteiger partial charge in [0.1, 0.15) is 12.3 Å². The van der Waals surface area contributed by atoms with Crippen molar-refractivity contribution >= 4 is 23.9 Å². The number of nitrogens with zero attached hydrogens (tertiary/aromatic N) is 2. The summed E-state index contributed by atoms with van der Waals surface area (Å²) >= 11 is 0. The summed E-state index contributed by atoms with van der Waals surface area (Å²) in [7, 11) is 1.31. The Morgan fingerprint density at radius 1 is 0.923 bits per heavy atom. The van der Waals surface area contributed by atoms with Gasteiger partial charge in [0.2, 0.25) is 5.91 Å². The molecule has 3 aromatic carbocycles. The van der Waals surface area contributed by atoms with Crippen molar-refractivity contribution in [2.75, 3.05) is 20.3 Å². The molecule has 1 amide bonds. The largest absolute Gasteiger partial charge is 0.494 e. The maximum absolute atomic E-state index is 13.4. The Hall–Kier alpha value is -4.53. The fourth-order valence-electron chi connectivity index (χ4n) is 4.30. The Kier molecular flexibility index (Phi) is 11.2. The zero-order valence-electron chi connectivity index (χ0n) is 21.9. The van der Waals surface area contributed by atoms with Crippen molar-refractivity contribution in [3.63, 3.8) is 0 Å². The van der Waals surface area contributed by atoms with E-state index < -0.39 is 16.9 Å². The quantitative estimate of drug-likeness (QED) is 0.0831. The number of carbonyl (C=O) groups is 3. The molecular weight excluding hydrogens is 500 g/mol. The molecule has 0 spiro atoms. The lowest BCUT2D eigenvalue weighted by Crippen LogP contribution is -2.39. The molecule has 0 aromatic heterocycles. The van der Waals surface area contributed by atoms with E-state index in [1.807, 2.05) is 60.7 Å². The van der Waals surface area contributed by atoms with Gasteiger partial charge in [0.05, 0.1) is 30.2 Å². The molecule has 0 radical (unpaired) electrons.